The standard InChI is InChI=1S/C45H35B5N2O3/c46-37-33-31(25-15-11-14-24(22-25)23-12-3-1-4-13-23)36-35(39(48)43(54)44(55)42(36)53)32(34(33)38(47)41(50)40(37)49)27-18-7-8-19-28(27)45-51-29-20-9-10-21-30(29)52(45)26-16-5-2-6-17-26/h1-22,53-55H,46-50H2. The van der Waals surface area contributed by atoms with E-state index in [1.54, 1.807) is 0 Å². The molecule has 0 unspecified atom stereocenters. The molecule has 0 aliphatic rings. The van der Waals surface area contributed by atoms with Crippen LogP contribution in [0, 0.1) is 0 Å². The van der Waals surface area contributed by atoms with E-state index < -0.39 is 5.75 Å². The van der Waals surface area contributed by atoms with Crippen LogP contribution in [-0.2, 0) is 0 Å². The second-order valence-corrected chi connectivity index (χ2v) is 14.5. The molecule has 0 radical (unpaired) electrons. The Bertz CT molecular complexity index is 2940. The van der Waals surface area contributed by atoms with Crippen LogP contribution in [-0.4, -0.2) is 64.1 Å². The Balaban J connectivity index is 1.50. The molecule has 0 fully saturated rings. The van der Waals surface area contributed by atoms with E-state index in [2.05, 4.69) is 96.6 Å². The van der Waals surface area contributed by atoms with Gasteiger partial charge in [0.15, 0.2) is 17.2 Å². The van der Waals surface area contributed by atoms with Crippen LogP contribution in [0.4, 0.5) is 0 Å². The second kappa shape index (κ2) is 13.1. The fraction of sp³-hybridized carbons (Fsp3) is 0. The van der Waals surface area contributed by atoms with Crippen LogP contribution >= 0.6 is 0 Å². The number of phenols is 3. The van der Waals surface area contributed by atoms with Crippen LogP contribution in [0.3, 0.4) is 0 Å². The summed E-state index contributed by atoms with van der Waals surface area (Å²) in [5.41, 5.74) is 14.3. The Morgan fingerprint density at radius 1 is 0.418 bits per heavy atom. The Hall–Kier alpha value is -6.53. The Kier molecular flexibility index (Phi) is 8.16. The van der Waals surface area contributed by atoms with Gasteiger partial charge in [-0.1, -0.05) is 114 Å². The largest absolute Gasteiger partial charge is 0.505 e. The molecule has 0 bridgehead atoms. The van der Waals surface area contributed by atoms with Gasteiger partial charge in [-0.25, -0.2) is 4.98 Å². The van der Waals surface area contributed by atoms with E-state index >= 15 is 0 Å². The first-order valence-electron chi connectivity index (χ1n) is 18.6. The minimum atomic E-state index is -0.534. The van der Waals surface area contributed by atoms with Crippen molar-refractivity contribution in [2.45, 2.75) is 0 Å². The number of imidazole rings is 1. The highest BCUT2D eigenvalue weighted by Gasteiger charge is 2.29. The molecule has 5 nitrogen and oxygen atoms in total. The first kappa shape index (κ1) is 34.3. The molecule has 10 heteroatoms. The molecule has 3 N–H and O–H groups in total. The maximum atomic E-state index is 12.2. The number of benzene rings is 8. The van der Waals surface area contributed by atoms with Gasteiger partial charge in [0, 0.05) is 22.2 Å². The Labute approximate surface area is 324 Å². The lowest BCUT2D eigenvalue weighted by Gasteiger charge is -2.27. The van der Waals surface area contributed by atoms with Crippen molar-refractivity contribution in [1.82, 2.24) is 9.55 Å². The van der Waals surface area contributed by atoms with Gasteiger partial charge >= 0.3 is 0 Å². The number of aromatic nitrogens is 2. The maximum Gasteiger partial charge on any atom is 0.200 e. The minimum absolute atomic E-state index is 0.346. The normalized spacial score (nSPS) is 11.5. The number of fused-ring (bicyclic) bond motifs is 3. The number of hydrogen-bond acceptors (Lipinski definition) is 4. The van der Waals surface area contributed by atoms with Crippen molar-refractivity contribution in [3.63, 3.8) is 0 Å². The summed E-state index contributed by atoms with van der Waals surface area (Å²) in [4.78, 5) is 5.28. The number of rotatable bonds is 5. The van der Waals surface area contributed by atoms with E-state index in [0.29, 0.717) is 16.2 Å². The van der Waals surface area contributed by atoms with Gasteiger partial charge in [0.25, 0.3) is 0 Å². The van der Waals surface area contributed by atoms with Crippen LogP contribution in [0.5, 0.6) is 17.2 Å². The summed E-state index contributed by atoms with van der Waals surface area (Å²) in [5, 5.41) is 38.3. The summed E-state index contributed by atoms with van der Waals surface area (Å²) < 4.78 is 2.20. The van der Waals surface area contributed by atoms with Crippen molar-refractivity contribution in [2.24, 2.45) is 0 Å². The summed E-state index contributed by atoms with van der Waals surface area (Å²) in [7, 11) is 10.5. The number of aromatic hydroxyl groups is 3. The fourth-order valence-electron chi connectivity index (χ4n) is 8.56. The van der Waals surface area contributed by atoms with Crippen molar-refractivity contribution >= 4 is 99.1 Å². The van der Waals surface area contributed by atoms with E-state index in [4.69, 9.17) is 4.98 Å². The predicted octanol–water partition coefficient (Wildman–Crippen LogP) is 2.41. The summed E-state index contributed by atoms with van der Waals surface area (Å²) in [6.45, 7) is 0. The van der Waals surface area contributed by atoms with E-state index in [1.165, 1.54) is 5.46 Å². The van der Waals surface area contributed by atoms with Crippen LogP contribution in [0.25, 0.3) is 83.0 Å². The van der Waals surface area contributed by atoms with Gasteiger partial charge in [0.1, 0.15) is 45.1 Å². The van der Waals surface area contributed by atoms with Crippen LogP contribution in [0.2, 0.25) is 0 Å². The van der Waals surface area contributed by atoms with E-state index in [-0.39, 0.29) is 11.5 Å². The first-order chi connectivity index (χ1) is 26.7. The molecule has 8 aromatic carbocycles. The van der Waals surface area contributed by atoms with Gasteiger partial charge < -0.3 is 15.3 Å². The third-order valence-electron chi connectivity index (χ3n) is 11.6. The molecule has 0 amide bonds. The SMILES string of the molecule is Bc1c(B)c(B)c2c(-c3cccc(-c4ccccc4)c3)c3c(O)c(O)c(O)c(B)c3c(-c3ccccc3-c3nc4ccccc4n3-c3ccccc3)c2c1B. The topological polar surface area (TPSA) is 78.5 Å². The highest BCUT2D eigenvalue weighted by atomic mass is 16.3. The van der Waals surface area contributed by atoms with Gasteiger partial charge in [-0.15, -0.1) is 10.9 Å². The molecule has 1 aromatic heterocycles. The smallest absolute Gasteiger partial charge is 0.200 e. The lowest BCUT2D eigenvalue weighted by Crippen LogP contribution is -2.48. The molecule has 1 heterocycles. The molecule has 0 spiro atoms. The molecule has 258 valence electrons. The van der Waals surface area contributed by atoms with Gasteiger partial charge in [-0.3, -0.25) is 4.57 Å². The molecule has 9 aromatic rings. The Morgan fingerprint density at radius 2 is 0.964 bits per heavy atom. The first-order valence-corrected chi connectivity index (χ1v) is 18.6. The zero-order valence-corrected chi connectivity index (χ0v) is 31.4. The molecule has 9 rings (SSSR count). The van der Waals surface area contributed by atoms with E-state index in [0.717, 1.165) is 88.7 Å². The van der Waals surface area contributed by atoms with Gasteiger partial charge in [-0.05, 0) is 79.8 Å². The Morgan fingerprint density at radius 3 is 1.67 bits per heavy atom. The third-order valence-corrected chi connectivity index (χ3v) is 11.6. The highest BCUT2D eigenvalue weighted by molar-refractivity contribution is 6.68. The number of para-hydroxylation sites is 3. The van der Waals surface area contributed by atoms with Crippen LogP contribution in [0.15, 0.2) is 133 Å². The van der Waals surface area contributed by atoms with Crippen LogP contribution in [0.1, 0.15) is 0 Å². The van der Waals surface area contributed by atoms with Gasteiger partial charge in [0.2, 0.25) is 0 Å². The fourth-order valence-corrected chi connectivity index (χ4v) is 8.56. The zero-order chi connectivity index (χ0) is 38.1. The van der Waals surface area contributed by atoms with Crippen molar-refractivity contribution in [2.75, 3.05) is 0 Å². The average molecular weight is 706 g/mol. The molecule has 0 saturated carbocycles. The number of hydrogen-bond donors (Lipinski definition) is 3. The summed E-state index contributed by atoms with van der Waals surface area (Å²) in [6.07, 6.45) is 0. The third kappa shape index (κ3) is 5.19. The number of phenolic OH excluding ortho intramolecular Hbond substituents is 3. The van der Waals surface area contributed by atoms with Crippen molar-refractivity contribution in [3.8, 4) is 67.7 Å². The molecule has 0 aliphatic heterocycles. The zero-order valence-electron chi connectivity index (χ0n) is 31.4. The van der Waals surface area contributed by atoms with E-state index in [9.17, 15) is 15.3 Å². The van der Waals surface area contributed by atoms with Gasteiger partial charge in [-0.2, -0.15) is 0 Å². The quantitative estimate of drug-likeness (QED) is 0.146. The van der Waals surface area contributed by atoms with E-state index in [1.807, 2.05) is 80.6 Å². The highest BCUT2D eigenvalue weighted by Crippen LogP contribution is 2.51. The average Bonchev–Trinajstić information content (AvgIpc) is 3.62. The van der Waals surface area contributed by atoms with Crippen molar-refractivity contribution in [1.29, 1.82) is 0 Å². The lowest BCUT2D eigenvalue weighted by atomic mass is 9.62. The molecule has 0 aliphatic carbocycles. The number of nitrogens with zero attached hydrogens (tertiary/aromatic N) is 2. The van der Waals surface area contributed by atoms with Crippen molar-refractivity contribution < 1.29 is 15.3 Å². The molecular weight excluding hydrogens is 671 g/mol. The monoisotopic (exact) mass is 706 g/mol. The summed E-state index contributed by atoms with van der Waals surface area (Å²) in [6, 6.07) is 45.3. The minimum Gasteiger partial charge on any atom is -0.505 e. The summed E-state index contributed by atoms with van der Waals surface area (Å²) >= 11 is 0. The van der Waals surface area contributed by atoms with Gasteiger partial charge in [0.05, 0.1) is 11.0 Å². The molecule has 0 saturated heterocycles. The maximum absolute atomic E-state index is 12.2. The summed E-state index contributed by atoms with van der Waals surface area (Å²) in [5.74, 6) is -0.465. The molecule has 55 heavy (non-hydrogen) atoms. The predicted molar refractivity (Wildman–Crippen MR) is 244 cm³/mol. The van der Waals surface area contributed by atoms with Crippen molar-refractivity contribution in [3.05, 3.63) is 133 Å². The molecular formula is C45H35B5N2O3. The van der Waals surface area contributed by atoms with Crippen LogP contribution < -0.4 is 27.3 Å². The lowest BCUT2D eigenvalue weighted by molar-refractivity contribution is 0.373. The molecule has 0 atom stereocenters. The second-order valence-electron chi connectivity index (χ2n) is 14.5.